The number of phenols is 1. The molecule has 2 atom stereocenters. The molecule has 3 amide bonds. The number of piperidine rings is 2. The number of benzene rings is 2. The fraction of sp³-hybridized carbons (Fsp3) is 0.519. The summed E-state index contributed by atoms with van der Waals surface area (Å²) in [5.41, 5.74) is 12.0. The third-order valence-corrected chi connectivity index (χ3v) is 16.9. The van der Waals surface area contributed by atoms with E-state index in [0.29, 0.717) is 73.7 Å². The number of likely N-dealkylation sites (tertiary alicyclic amines) is 1. The first-order valence-electron chi connectivity index (χ1n) is 25.0. The van der Waals surface area contributed by atoms with Crippen molar-refractivity contribution in [1.29, 1.82) is 0 Å². The number of piperazine rings is 1. The summed E-state index contributed by atoms with van der Waals surface area (Å²) in [7, 11) is 0. The maximum absolute atomic E-state index is 16.8. The lowest BCUT2D eigenvalue weighted by molar-refractivity contribution is -0.120. The van der Waals surface area contributed by atoms with Gasteiger partial charge in [0.2, 0.25) is 5.91 Å². The van der Waals surface area contributed by atoms with E-state index in [1.54, 1.807) is 29.3 Å². The number of imide groups is 1. The van der Waals surface area contributed by atoms with Crippen molar-refractivity contribution in [1.82, 2.24) is 30.0 Å². The summed E-state index contributed by atoms with van der Waals surface area (Å²) in [6.07, 6.45) is 16.2. The number of halogens is 2. The van der Waals surface area contributed by atoms with Crippen molar-refractivity contribution >= 4 is 51.5 Å². The molecule has 5 aromatic rings. The van der Waals surface area contributed by atoms with Crippen LogP contribution in [0.5, 0.6) is 5.75 Å². The molecule has 16 heteroatoms. The van der Waals surface area contributed by atoms with Crippen molar-refractivity contribution in [2.24, 2.45) is 5.41 Å². The molecule has 2 saturated carbocycles. The number of hydrogen-bond donors (Lipinski definition) is 3. The summed E-state index contributed by atoms with van der Waals surface area (Å²) >= 11 is 0. The van der Waals surface area contributed by atoms with Gasteiger partial charge < -0.3 is 35.0 Å². The first-order valence-corrected chi connectivity index (χ1v) is 25.0. The van der Waals surface area contributed by atoms with Crippen molar-refractivity contribution in [3.63, 3.8) is 0 Å². The molecule has 2 unspecified atom stereocenters. The number of fused-ring (bicyclic) bond motifs is 3. The first-order chi connectivity index (χ1) is 33.0. The number of urea groups is 1. The Balaban J connectivity index is 0.648. The summed E-state index contributed by atoms with van der Waals surface area (Å²) in [4.78, 5) is 40.1. The molecule has 3 aromatic heterocycles. The van der Waals surface area contributed by atoms with Crippen molar-refractivity contribution in [3.8, 4) is 17.0 Å². The average Bonchev–Trinajstić information content (AvgIpc) is 4.07. The van der Waals surface area contributed by atoms with Crippen LogP contribution in [-0.4, -0.2) is 112 Å². The highest BCUT2D eigenvalue weighted by atomic mass is 19.1. The molecule has 2 aromatic carbocycles. The van der Waals surface area contributed by atoms with Gasteiger partial charge in [-0.3, -0.25) is 15.0 Å². The van der Waals surface area contributed by atoms with Crippen molar-refractivity contribution in [3.05, 3.63) is 78.4 Å². The fourth-order valence-corrected chi connectivity index (χ4v) is 12.9. The Labute approximate surface area is 395 Å². The summed E-state index contributed by atoms with van der Waals surface area (Å²) in [5.74, 6) is 0.518. The molecular formula is C52H61F2N11O3. The number of amides is 3. The van der Waals surface area contributed by atoms with E-state index in [1.165, 1.54) is 18.4 Å². The standard InChI is InChI=1S/C52H61F2N11O3/c53-42-10-9-35(65-36-7-8-37(65)30-62(29-36)45-27-43(58-59-48(45)55)39-3-1-2-4-46(39)66)26-44(42)61-23-18-52(54,19-24-61)32-60-21-16-51(17-22-60)14-11-34(12-15-51)64-31-41(33-5-6-33)40-25-38(28-56-49(40)64)63-20-13-47(67)57-50(63)68/h1-4,9-10,25-28,31,33-34,36-37,66H,5-8,11-24,29-30,32H2,(H2,55,59)(H,57,67,68). The van der Waals surface area contributed by atoms with Gasteiger partial charge >= 0.3 is 6.03 Å². The Kier molecular flexibility index (Phi) is 10.7. The van der Waals surface area contributed by atoms with E-state index < -0.39 is 5.67 Å². The van der Waals surface area contributed by atoms with Gasteiger partial charge in [0.05, 0.1) is 29.0 Å². The van der Waals surface area contributed by atoms with Gasteiger partial charge in [0, 0.05) is 99.5 Å². The lowest BCUT2D eigenvalue weighted by Crippen LogP contribution is -2.54. The zero-order valence-electron chi connectivity index (χ0n) is 38.6. The number of carbonyl (C=O) groups is 2. The van der Waals surface area contributed by atoms with Gasteiger partial charge in [-0.15, -0.1) is 10.2 Å². The van der Waals surface area contributed by atoms with Crippen LogP contribution in [0.4, 0.5) is 42.1 Å². The lowest BCUT2D eigenvalue weighted by Gasteiger charge is -2.48. The van der Waals surface area contributed by atoms with E-state index in [1.807, 2.05) is 30.3 Å². The Morgan fingerprint density at radius 3 is 2.25 bits per heavy atom. The number of nitrogens with two attached hydrogens (primary N) is 1. The number of para-hydroxylation sites is 1. The quantitative estimate of drug-likeness (QED) is 0.131. The maximum atomic E-state index is 16.8. The van der Waals surface area contributed by atoms with Gasteiger partial charge in [-0.1, -0.05) is 12.1 Å². The normalized spacial score (nSPS) is 24.3. The monoisotopic (exact) mass is 925 g/mol. The largest absolute Gasteiger partial charge is 0.507 e. The number of hydrogen-bond acceptors (Lipinski definition) is 11. The van der Waals surface area contributed by atoms with Gasteiger partial charge in [0.25, 0.3) is 0 Å². The van der Waals surface area contributed by atoms with Crippen molar-refractivity contribution in [2.45, 2.75) is 113 Å². The van der Waals surface area contributed by atoms with Gasteiger partial charge in [0.15, 0.2) is 5.82 Å². The number of aromatic nitrogens is 4. The number of anilines is 5. The van der Waals surface area contributed by atoms with Crippen LogP contribution < -0.4 is 30.7 Å². The Bertz CT molecular complexity index is 2740. The van der Waals surface area contributed by atoms with Crippen LogP contribution in [0.15, 0.2) is 67.0 Å². The lowest BCUT2D eigenvalue weighted by atomic mass is 9.67. The minimum absolute atomic E-state index is 0.139. The molecule has 7 aliphatic rings. The van der Waals surface area contributed by atoms with Gasteiger partial charge in [-0.05, 0) is 137 Å². The minimum atomic E-state index is -1.30. The average molecular weight is 926 g/mol. The zero-order chi connectivity index (χ0) is 46.3. The number of rotatable bonds is 9. The highest BCUT2D eigenvalue weighted by Crippen LogP contribution is 2.51. The molecule has 8 heterocycles. The second-order valence-corrected chi connectivity index (χ2v) is 21.1. The smallest absolute Gasteiger partial charge is 0.328 e. The van der Waals surface area contributed by atoms with Gasteiger partial charge in [-0.25, -0.2) is 18.6 Å². The van der Waals surface area contributed by atoms with Gasteiger partial charge in [0.1, 0.15) is 22.9 Å². The topological polar surface area (TPSA) is 152 Å². The highest BCUT2D eigenvalue weighted by Gasteiger charge is 2.44. The molecule has 14 nitrogen and oxygen atoms in total. The molecule has 7 fully saturated rings. The van der Waals surface area contributed by atoms with Crippen LogP contribution >= 0.6 is 0 Å². The Morgan fingerprint density at radius 1 is 0.779 bits per heavy atom. The molecule has 4 N–H and O–H groups in total. The van der Waals surface area contributed by atoms with E-state index in [-0.39, 0.29) is 47.4 Å². The van der Waals surface area contributed by atoms with Crippen LogP contribution in [0, 0.1) is 11.2 Å². The predicted molar refractivity (Wildman–Crippen MR) is 260 cm³/mol. The number of nitrogens with one attached hydrogen (secondary N) is 1. The summed E-state index contributed by atoms with van der Waals surface area (Å²) in [6, 6.07) is 16.9. The third-order valence-electron chi connectivity index (χ3n) is 16.9. The summed E-state index contributed by atoms with van der Waals surface area (Å²) in [5, 5.41) is 22.6. The number of nitrogens with zero attached hydrogens (tertiary/aromatic N) is 9. The zero-order valence-corrected chi connectivity index (χ0v) is 38.6. The molecule has 5 saturated heterocycles. The van der Waals surface area contributed by atoms with Gasteiger partial charge in [-0.2, -0.15) is 0 Å². The number of nitrogen functional groups attached to an aromatic ring is 1. The molecule has 0 radical (unpaired) electrons. The number of pyridine rings is 1. The molecule has 5 aliphatic heterocycles. The van der Waals surface area contributed by atoms with E-state index in [4.69, 9.17) is 10.7 Å². The second-order valence-electron chi connectivity index (χ2n) is 21.1. The van der Waals surface area contributed by atoms with E-state index >= 15 is 8.78 Å². The Hall–Kier alpha value is -6.03. The fourth-order valence-electron chi connectivity index (χ4n) is 12.9. The molecule has 2 bridgehead atoms. The van der Waals surface area contributed by atoms with Crippen LogP contribution in [0.2, 0.25) is 0 Å². The van der Waals surface area contributed by atoms with E-state index in [9.17, 15) is 14.7 Å². The SMILES string of the molecule is Nc1nnc(-c2ccccc2O)cc1N1CC2CCC(C1)N2c1ccc(F)c(N2CCC(F)(CN3CCC4(CCC(n5cc(C6CC6)c6cc(N7CCC(=O)NC7=O)cnc65)CC4)CC3)CC2)c1. The molecule has 356 valence electrons. The molecule has 12 rings (SSSR count). The van der Waals surface area contributed by atoms with Crippen molar-refractivity contribution in [2.75, 3.05) is 77.7 Å². The predicted octanol–water partition coefficient (Wildman–Crippen LogP) is 8.31. The second kappa shape index (κ2) is 16.9. The number of carbonyl (C=O) groups excluding carboxylic acids is 2. The molecule has 68 heavy (non-hydrogen) atoms. The van der Waals surface area contributed by atoms with Crippen LogP contribution in [0.1, 0.15) is 101 Å². The van der Waals surface area contributed by atoms with E-state index in [0.717, 1.165) is 106 Å². The summed E-state index contributed by atoms with van der Waals surface area (Å²) in [6.45, 7) is 5.02. The number of aromatic hydroxyl groups is 1. The van der Waals surface area contributed by atoms with Crippen LogP contribution in [0.3, 0.4) is 0 Å². The number of alkyl halides is 1. The van der Waals surface area contributed by atoms with E-state index in [2.05, 4.69) is 51.9 Å². The summed E-state index contributed by atoms with van der Waals surface area (Å²) < 4.78 is 34.9. The minimum Gasteiger partial charge on any atom is -0.507 e. The molecule has 2 aliphatic carbocycles. The first kappa shape index (κ1) is 43.3. The molecular weight excluding hydrogens is 865 g/mol. The van der Waals surface area contributed by atoms with Crippen LogP contribution in [0.25, 0.3) is 22.3 Å². The maximum Gasteiger partial charge on any atom is 0.328 e. The Morgan fingerprint density at radius 2 is 1.53 bits per heavy atom. The molecule has 1 spiro atoms. The van der Waals surface area contributed by atoms with Crippen molar-refractivity contribution < 1.29 is 23.5 Å². The third kappa shape index (κ3) is 7.95. The highest BCUT2D eigenvalue weighted by molar-refractivity contribution is 6.06. The number of phenolic OH excluding ortho intramolecular Hbond substituents is 1. The van der Waals surface area contributed by atoms with Crippen LogP contribution in [-0.2, 0) is 4.79 Å².